The number of benzene rings is 3. The van der Waals surface area contributed by atoms with E-state index < -0.39 is 34.3 Å². The molecule has 1 aromatic heterocycles. The lowest BCUT2D eigenvalue weighted by atomic mass is 9.98. The first-order chi connectivity index (χ1) is 16.3. The number of nitrogens with zero attached hydrogens (tertiary/aromatic N) is 1. The molecular formula is C26H23FN2O3S2. The van der Waals surface area contributed by atoms with Crippen LogP contribution >= 0.6 is 11.3 Å². The maximum Gasteiger partial charge on any atom is 0.274 e. The predicted octanol–water partition coefficient (Wildman–Crippen LogP) is 5.30. The van der Waals surface area contributed by atoms with Gasteiger partial charge in [0.2, 0.25) is 5.91 Å². The second kappa shape index (κ2) is 10.2. The number of sulfonamides is 1. The second-order valence-corrected chi connectivity index (χ2v) is 10.8. The van der Waals surface area contributed by atoms with Crippen LogP contribution in [0, 0.1) is 12.7 Å². The number of nitrogens with one attached hydrogen (secondary N) is 1. The van der Waals surface area contributed by atoms with Gasteiger partial charge in [-0.2, -0.15) is 0 Å². The highest BCUT2D eigenvalue weighted by atomic mass is 32.2. The average molecular weight is 495 g/mol. The van der Waals surface area contributed by atoms with Crippen LogP contribution in [0.1, 0.15) is 22.7 Å². The number of hydrogen-bond donors (Lipinski definition) is 1. The third-order valence-corrected chi connectivity index (χ3v) is 8.44. The van der Waals surface area contributed by atoms with Gasteiger partial charge in [0.05, 0.1) is 11.7 Å². The molecule has 1 unspecified atom stereocenters. The van der Waals surface area contributed by atoms with Gasteiger partial charge in [0.1, 0.15) is 16.6 Å². The number of rotatable bonds is 8. The molecule has 0 aliphatic heterocycles. The number of amides is 1. The first-order valence-corrected chi connectivity index (χ1v) is 12.9. The largest absolute Gasteiger partial charge is 0.344 e. The van der Waals surface area contributed by atoms with E-state index in [1.807, 2.05) is 61.5 Å². The van der Waals surface area contributed by atoms with Crippen LogP contribution in [0.5, 0.6) is 0 Å². The third kappa shape index (κ3) is 5.35. The maximum atomic E-state index is 13.5. The van der Waals surface area contributed by atoms with Crippen LogP contribution < -0.4 is 9.62 Å². The van der Waals surface area contributed by atoms with Crippen molar-refractivity contribution in [2.75, 3.05) is 10.8 Å². The van der Waals surface area contributed by atoms with Gasteiger partial charge in [-0.05, 0) is 53.8 Å². The molecule has 4 rings (SSSR count). The molecule has 0 saturated heterocycles. The molecule has 4 aromatic rings. The Labute approximate surface area is 202 Å². The third-order valence-electron chi connectivity index (χ3n) is 5.29. The van der Waals surface area contributed by atoms with E-state index in [1.165, 1.54) is 30.3 Å². The molecule has 0 saturated carbocycles. The monoisotopic (exact) mass is 494 g/mol. The molecule has 0 aliphatic carbocycles. The van der Waals surface area contributed by atoms with Crippen LogP contribution in [-0.2, 0) is 14.8 Å². The van der Waals surface area contributed by atoms with Gasteiger partial charge in [0.25, 0.3) is 10.0 Å². The Kier molecular flexibility index (Phi) is 7.09. The maximum absolute atomic E-state index is 13.5. The molecule has 1 N–H and O–H groups in total. The Balaban J connectivity index is 1.66. The number of carbonyl (C=O) groups excluding carboxylic acids is 1. The predicted molar refractivity (Wildman–Crippen MR) is 133 cm³/mol. The summed E-state index contributed by atoms with van der Waals surface area (Å²) in [5, 5.41) is 4.63. The summed E-state index contributed by atoms with van der Waals surface area (Å²) in [5.74, 6) is -0.982. The van der Waals surface area contributed by atoms with E-state index in [2.05, 4.69) is 5.32 Å². The smallest absolute Gasteiger partial charge is 0.274 e. The number of aryl methyl sites for hydroxylation is 1. The van der Waals surface area contributed by atoms with Gasteiger partial charge in [-0.1, -0.05) is 66.2 Å². The molecule has 0 bridgehead atoms. The van der Waals surface area contributed by atoms with Crippen molar-refractivity contribution >= 4 is 33.0 Å². The number of halogens is 1. The summed E-state index contributed by atoms with van der Waals surface area (Å²) in [5.41, 5.74) is 3.04. The molecule has 0 radical (unpaired) electrons. The highest BCUT2D eigenvalue weighted by molar-refractivity contribution is 7.94. The Morgan fingerprint density at radius 2 is 1.56 bits per heavy atom. The lowest BCUT2D eigenvalue weighted by Gasteiger charge is -2.25. The summed E-state index contributed by atoms with van der Waals surface area (Å²) >= 11 is 1.06. The van der Waals surface area contributed by atoms with Gasteiger partial charge in [0, 0.05) is 0 Å². The number of carbonyl (C=O) groups is 1. The topological polar surface area (TPSA) is 66.5 Å². The fraction of sp³-hybridized carbons (Fsp3) is 0.115. The number of hydrogen-bond acceptors (Lipinski definition) is 4. The minimum absolute atomic E-state index is 0.0998. The normalized spacial score (nSPS) is 12.2. The summed E-state index contributed by atoms with van der Waals surface area (Å²) < 4.78 is 41.3. The van der Waals surface area contributed by atoms with Crippen molar-refractivity contribution in [1.82, 2.24) is 5.32 Å². The van der Waals surface area contributed by atoms with E-state index >= 15 is 0 Å². The molecule has 8 heteroatoms. The highest BCUT2D eigenvalue weighted by Crippen LogP contribution is 2.27. The summed E-state index contributed by atoms with van der Waals surface area (Å²) in [4.78, 5) is 13.2. The quantitative estimate of drug-likeness (QED) is 0.362. The van der Waals surface area contributed by atoms with Crippen LogP contribution in [0.15, 0.2) is 101 Å². The fourth-order valence-corrected chi connectivity index (χ4v) is 6.07. The summed E-state index contributed by atoms with van der Waals surface area (Å²) in [7, 11) is -4.02. The molecule has 0 fully saturated rings. The molecule has 1 atom stereocenters. The Morgan fingerprint density at radius 1 is 0.912 bits per heavy atom. The summed E-state index contributed by atoms with van der Waals surface area (Å²) in [6, 6.07) is 25.0. The standard InChI is InChI=1S/C26H23FN2O3S2/c1-19-9-11-21(12-10-19)26(20-6-3-2-4-7-20)28-24(30)18-29(23-15-13-22(27)14-16-23)34(31,32)25-8-5-17-33-25/h2-17,26H,18H2,1H3,(H,28,30). The molecule has 0 spiro atoms. The average Bonchev–Trinajstić information content (AvgIpc) is 3.39. The minimum atomic E-state index is -4.02. The molecule has 34 heavy (non-hydrogen) atoms. The Morgan fingerprint density at radius 3 is 2.18 bits per heavy atom. The van der Waals surface area contributed by atoms with E-state index in [-0.39, 0.29) is 9.90 Å². The summed E-state index contributed by atoms with van der Waals surface area (Å²) in [6.45, 7) is 1.52. The second-order valence-electron chi connectivity index (χ2n) is 7.74. The molecule has 0 aliphatic rings. The lowest BCUT2D eigenvalue weighted by molar-refractivity contribution is -0.120. The molecule has 1 amide bonds. The van der Waals surface area contributed by atoms with Crippen molar-refractivity contribution in [2.24, 2.45) is 0 Å². The van der Waals surface area contributed by atoms with Gasteiger partial charge >= 0.3 is 0 Å². The van der Waals surface area contributed by atoms with E-state index in [4.69, 9.17) is 0 Å². The minimum Gasteiger partial charge on any atom is -0.344 e. The fourth-order valence-electron chi connectivity index (χ4n) is 3.54. The van der Waals surface area contributed by atoms with Crippen molar-refractivity contribution in [2.45, 2.75) is 17.2 Å². The molecule has 5 nitrogen and oxygen atoms in total. The van der Waals surface area contributed by atoms with E-state index in [1.54, 1.807) is 11.4 Å². The summed E-state index contributed by atoms with van der Waals surface area (Å²) in [6.07, 6.45) is 0. The zero-order valence-electron chi connectivity index (χ0n) is 18.4. The van der Waals surface area contributed by atoms with Gasteiger partial charge < -0.3 is 5.32 Å². The van der Waals surface area contributed by atoms with E-state index in [9.17, 15) is 17.6 Å². The van der Waals surface area contributed by atoms with Crippen LogP contribution in [0.4, 0.5) is 10.1 Å². The van der Waals surface area contributed by atoms with E-state index in [0.29, 0.717) is 0 Å². The first-order valence-electron chi connectivity index (χ1n) is 10.6. The Bertz CT molecular complexity index is 1340. The van der Waals surface area contributed by atoms with Crippen LogP contribution in [0.3, 0.4) is 0 Å². The molecular weight excluding hydrogens is 471 g/mol. The van der Waals surface area contributed by atoms with E-state index in [0.717, 1.165) is 32.3 Å². The SMILES string of the molecule is Cc1ccc(C(NC(=O)CN(c2ccc(F)cc2)S(=O)(=O)c2cccs2)c2ccccc2)cc1. The van der Waals surface area contributed by atoms with Gasteiger partial charge in [0.15, 0.2) is 0 Å². The van der Waals surface area contributed by atoms with Crippen molar-refractivity contribution in [3.63, 3.8) is 0 Å². The Hall–Kier alpha value is -3.49. The number of thiophene rings is 1. The van der Waals surface area contributed by atoms with Gasteiger partial charge in [-0.3, -0.25) is 9.10 Å². The lowest BCUT2D eigenvalue weighted by Crippen LogP contribution is -2.42. The van der Waals surface area contributed by atoms with Gasteiger partial charge in [-0.25, -0.2) is 12.8 Å². The zero-order chi connectivity index (χ0) is 24.1. The van der Waals surface area contributed by atoms with Crippen LogP contribution in [0.2, 0.25) is 0 Å². The molecule has 3 aromatic carbocycles. The van der Waals surface area contributed by atoms with Crippen molar-refractivity contribution in [3.05, 3.63) is 119 Å². The van der Waals surface area contributed by atoms with Crippen LogP contribution in [0.25, 0.3) is 0 Å². The number of anilines is 1. The molecule has 174 valence electrons. The van der Waals surface area contributed by atoms with Gasteiger partial charge in [-0.15, -0.1) is 11.3 Å². The van der Waals surface area contributed by atoms with Crippen molar-refractivity contribution in [1.29, 1.82) is 0 Å². The van der Waals surface area contributed by atoms with Crippen LogP contribution in [-0.4, -0.2) is 20.9 Å². The first kappa shape index (κ1) is 23.7. The highest BCUT2D eigenvalue weighted by Gasteiger charge is 2.29. The van der Waals surface area contributed by atoms with Crippen molar-refractivity contribution < 1.29 is 17.6 Å². The molecule has 1 heterocycles. The van der Waals surface area contributed by atoms with Crippen molar-refractivity contribution in [3.8, 4) is 0 Å². The zero-order valence-corrected chi connectivity index (χ0v) is 20.0.